The van der Waals surface area contributed by atoms with Crippen LogP contribution in [0.25, 0.3) is 0 Å². The Kier molecular flexibility index (Phi) is 4.57. The van der Waals surface area contributed by atoms with Gasteiger partial charge in [0.2, 0.25) is 11.8 Å². The Morgan fingerprint density at radius 2 is 1.85 bits per heavy atom. The molecular formula is C21H24N2O2S. The van der Waals surface area contributed by atoms with E-state index in [1.807, 2.05) is 21.9 Å². The number of nitrogens with zero attached hydrogens (tertiary/aromatic N) is 2. The molecule has 4 nitrogen and oxygen atoms in total. The van der Waals surface area contributed by atoms with Gasteiger partial charge in [-0.05, 0) is 47.9 Å². The normalized spacial score (nSPS) is 21.9. The molecule has 3 heterocycles. The van der Waals surface area contributed by atoms with Crippen LogP contribution < -0.4 is 0 Å². The SMILES string of the molecule is CC(=O)N1CCc2ccccc2[C@@H]1CC(=O)N1CCc2sccc2[C@H]1C. The van der Waals surface area contributed by atoms with Crippen LogP contribution in [0.3, 0.4) is 0 Å². The minimum atomic E-state index is -0.152. The molecule has 4 rings (SSSR count). The lowest BCUT2D eigenvalue weighted by Gasteiger charge is -2.39. The molecule has 26 heavy (non-hydrogen) atoms. The van der Waals surface area contributed by atoms with Gasteiger partial charge in [-0.25, -0.2) is 0 Å². The monoisotopic (exact) mass is 368 g/mol. The maximum absolute atomic E-state index is 13.2. The number of hydrogen-bond donors (Lipinski definition) is 0. The number of benzene rings is 1. The quantitative estimate of drug-likeness (QED) is 0.810. The van der Waals surface area contributed by atoms with Gasteiger partial charge in [-0.2, -0.15) is 0 Å². The second-order valence-corrected chi connectivity index (χ2v) is 8.19. The van der Waals surface area contributed by atoms with Gasteiger partial charge in [0.25, 0.3) is 0 Å². The van der Waals surface area contributed by atoms with E-state index < -0.39 is 0 Å². The molecule has 0 fully saturated rings. The van der Waals surface area contributed by atoms with Gasteiger partial charge in [-0.15, -0.1) is 11.3 Å². The van der Waals surface area contributed by atoms with Gasteiger partial charge in [0.05, 0.1) is 18.5 Å². The summed E-state index contributed by atoms with van der Waals surface area (Å²) in [4.78, 5) is 30.6. The fraction of sp³-hybridized carbons (Fsp3) is 0.429. The van der Waals surface area contributed by atoms with E-state index in [9.17, 15) is 9.59 Å². The molecule has 2 aliphatic rings. The van der Waals surface area contributed by atoms with E-state index in [1.165, 1.54) is 16.0 Å². The maximum Gasteiger partial charge on any atom is 0.225 e. The molecule has 0 saturated heterocycles. The number of hydrogen-bond acceptors (Lipinski definition) is 3. The van der Waals surface area contributed by atoms with E-state index in [-0.39, 0.29) is 23.9 Å². The third kappa shape index (κ3) is 2.94. The lowest BCUT2D eigenvalue weighted by molar-refractivity contribution is -0.138. The highest BCUT2D eigenvalue weighted by Gasteiger charge is 2.34. The molecule has 1 aromatic carbocycles. The van der Waals surface area contributed by atoms with Crippen LogP contribution in [-0.2, 0) is 22.4 Å². The molecule has 136 valence electrons. The van der Waals surface area contributed by atoms with Crippen molar-refractivity contribution in [1.82, 2.24) is 9.80 Å². The Bertz CT molecular complexity index is 844. The van der Waals surface area contributed by atoms with Crippen LogP contribution in [0.5, 0.6) is 0 Å². The van der Waals surface area contributed by atoms with Gasteiger partial charge in [0.15, 0.2) is 0 Å². The summed E-state index contributed by atoms with van der Waals surface area (Å²) in [6, 6.07) is 10.3. The number of rotatable bonds is 2. The first-order valence-corrected chi connectivity index (χ1v) is 10.1. The molecule has 0 unspecified atom stereocenters. The predicted octanol–water partition coefficient (Wildman–Crippen LogP) is 3.73. The van der Waals surface area contributed by atoms with Crippen LogP contribution in [0.15, 0.2) is 35.7 Å². The number of amides is 2. The minimum Gasteiger partial charge on any atom is -0.335 e. The first-order valence-electron chi connectivity index (χ1n) is 9.27. The zero-order valence-electron chi connectivity index (χ0n) is 15.3. The second kappa shape index (κ2) is 6.88. The standard InChI is InChI=1S/C21H24N2O2S/c1-14-17-9-12-26-20(17)8-11-22(14)21(25)13-19-18-6-4-3-5-16(18)7-10-23(19)15(2)24/h3-6,9,12,14,19H,7-8,10-11,13H2,1-2H3/t14-,19+/m1/s1. The highest BCUT2D eigenvalue weighted by Crippen LogP contribution is 2.36. The minimum absolute atomic E-state index is 0.0455. The maximum atomic E-state index is 13.2. The molecule has 2 amide bonds. The zero-order chi connectivity index (χ0) is 18.3. The van der Waals surface area contributed by atoms with E-state index in [4.69, 9.17) is 0 Å². The first kappa shape index (κ1) is 17.3. The topological polar surface area (TPSA) is 40.6 Å². The van der Waals surface area contributed by atoms with Gasteiger partial charge in [-0.1, -0.05) is 24.3 Å². The Balaban J connectivity index is 1.59. The van der Waals surface area contributed by atoms with E-state index in [1.54, 1.807) is 18.3 Å². The Labute approximate surface area is 158 Å². The fourth-order valence-corrected chi connectivity index (χ4v) is 5.34. The number of fused-ring (bicyclic) bond motifs is 2. The molecule has 2 aromatic rings. The van der Waals surface area contributed by atoms with Crippen molar-refractivity contribution in [2.24, 2.45) is 0 Å². The van der Waals surface area contributed by atoms with E-state index in [2.05, 4.69) is 30.5 Å². The van der Waals surface area contributed by atoms with Gasteiger partial charge >= 0.3 is 0 Å². The summed E-state index contributed by atoms with van der Waals surface area (Å²) in [7, 11) is 0. The van der Waals surface area contributed by atoms with Crippen LogP contribution in [-0.4, -0.2) is 34.7 Å². The van der Waals surface area contributed by atoms with Gasteiger partial charge in [0, 0.05) is 24.9 Å². The summed E-state index contributed by atoms with van der Waals surface area (Å²) in [5.74, 6) is 0.186. The molecule has 0 radical (unpaired) electrons. The number of carbonyl (C=O) groups excluding carboxylic acids is 2. The molecule has 2 aliphatic heterocycles. The second-order valence-electron chi connectivity index (χ2n) is 7.19. The molecule has 0 N–H and O–H groups in total. The molecule has 1 aromatic heterocycles. The average Bonchev–Trinajstić information content (AvgIpc) is 3.11. The van der Waals surface area contributed by atoms with Crippen LogP contribution in [0.2, 0.25) is 0 Å². The van der Waals surface area contributed by atoms with Crippen molar-refractivity contribution in [1.29, 1.82) is 0 Å². The Hall–Kier alpha value is -2.14. The molecule has 0 spiro atoms. The lowest BCUT2D eigenvalue weighted by Crippen LogP contribution is -2.44. The third-order valence-electron chi connectivity index (χ3n) is 5.78. The van der Waals surface area contributed by atoms with Crippen molar-refractivity contribution < 1.29 is 9.59 Å². The van der Waals surface area contributed by atoms with Crippen molar-refractivity contribution in [3.8, 4) is 0 Å². The van der Waals surface area contributed by atoms with Crippen LogP contribution in [0.4, 0.5) is 0 Å². The summed E-state index contributed by atoms with van der Waals surface area (Å²) < 4.78 is 0. The average molecular weight is 369 g/mol. The molecule has 0 aliphatic carbocycles. The zero-order valence-corrected chi connectivity index (χ0v) is 16.1. The van der Waals surface area contributed by atoms with Crippen molar-refractivity contribution >= 4 is 23.2 Å². The third-order valence-corrected chi connectivity index (χ3v) is 6.78. The van der Waals surface area contributed by atoms with Gasteiger partial charge in [0.1, 0.15) is 0 Å². The summed E-state index contributed by atoms with van der Waals surface area (Å²) in [5, 5.41) is 2.12. The van der Waals surface area contributed by atoms with Crippen LogP contribution in [0.1, 0.15) is 53.9 Å². The van der Waals surface area contributed by atoms with Crippen molar-refractivity contribution in [3.05, 3.63) is 57.3 Å². The first-order chi connectivity index (χ1) is 12.6. The van der Waals surface area contributed by atoms with Crippen LogP contribution in [0, 0.1) is 0 Å². The number of thiophene rings is 1. The van der Waals surface area contributed by atoms with E-state index in [0.29, 0.717) is 13.0 Å². The summed E-state index contributed by atoms with van der Waals surface area (Å²) >= 11 is 1.78. The highest BCUT2D eigenvalue weighted by molar-refractivity contribution is 7.10. The fourth-order valence-electron chi connectivity index (χ4n) is 4.38. The van der Waals surface area contributed by atoms with Crippen LogP contribution >= 0.6 is 11.3 Å². The van der Waals surface area contributed by atoms with Crippen molar-refractivity contribution in [3.63, 3.8) is 0 Å². The van der Waals surface area contributed by atoms with Gasteiger partial charge in [-0.3, -0.25) is 9.59 Å². The van der Waals surface area contributed by atoms with E-state index >= 15 is 0 Å². The summed E-state index contributed by atoms with van der Waals surface area (Å²) in [6.45, 7) is 5.17. The Morgan fingerprint density at radius 3 is 2.65 bits per heavy atom. The van der Waals surface area contributed by atoms with E-state index in [0.717, 1.165) is 24.9 Å². The molecular weight excluding hydrogens is 344 g/mol. The largest absolute Gasteiger partial charge is 0.335 e. The molecule has 5 heteroatoms. The molecule has 2 atom stereocenters. The number of carbonyl (C=O) groups is 2. The molecule has 0 bridgehead atoms. The van der Waals surface area contributed by atoms with Crippen molar-refractivity contribution in [2.45, 2.75) is 45.2 Å². The van der Waals surface area contributed by atoms with Crippen molar-refractivity contribution in [2.75, 3.05) is 13.1 Å². The summed E-state index contributed by atoms with van der Waals surface area (Å²) in [6.07, 6.45) is 2.15. The lowest BCUT2D eigenvalue weighted by atomic mass is 9.90. The highest BCUT2D eigenvalue weighted by atomic mass is 32.1. The predicted molar refractivity (Wildman–Crippen MR) is 103 cm³/mol. The Morgan fingerprint density at radius 1 is 1.08 bits per heavy atom. The molecule has 0 saturated carbocycles. The smallest absolute Gasteiger partial charge is 0.225 e. The van der Waals surface area contributed by atoms with Gasteiger partial charge < -0.3 is 9.80 Å². The summed E-state index contributed by atoms with van der Waals surface area (Å²) in [5.41, 5.74) is 3.67.